The molecule has 2 aromatic rings. The van der Waals surface area contributed by atoms with Gasteiger partial charge in [-0.1, -0.05) is 15.9 Å². The third-order valence-electron chi connectivity index (χ3n) is 2.45. The zero-order valence-corrected chi connectivity index (χ0v) is 11.7. The Labute approximate surface area is 117 Å². The van der Waals surface area contributed by atoms with E-state index in [4.69, 9.17) is 5.11 Å². The lowest BCUT2D eigenvalue weighted by Crippen LogP contribution is -2.35. The van der Waals surface area contributed by atoms with Crippen LogP contribution in [0.25, 0.3) is 5.69 Å². The molecule has 0 saturated heterocycles. The number of tetrazole rings is 1. The number of aromatic nitrogens is 4. The van der Waals surface area contributed by atoms with Gasteiger partial charge in [0.2, 0.25) is 0 Å². The number of aliphatic hydroxyl groups is 1. The fourth-order valence-electron chi connectivity index (χ4n) is 1.51. The molecule has 0 unspecified atom stereocenters. The van der Waals surface area contributed by atoms with Crippen LogP contribution in [0, 0.1) is 0 Å². The van der Waals surface area contributed by atoms with Crippen molar-refractivity contribution in [2.24, 2.45) is 0 Å². The number of aliphatic hydroxyl groups excluding tert-OH is 1. The first-order valence-electron chi connectivity index (χ1n) is 5.56. The lowest BCUT2D eigenvalue weighted by atomic mass is 10.1. The van der Waals surface area contributed by atoms with Crippen LogP contribution >= 0.6 is 15.9 Å². The SMILES string of the molecule is C[C@@H](CO)NC(=O)c1cc(Br)ccc1-n1cnnn1. The number of hydrogen-bond donors (Lipinski definition) is 2. The van der Waals surface area contributed by atoms with Crippen molar-refractivity contribution in [1.29, 1.82) is 0 Å². The summed E-state index contributed by atoms with van der Waals surface area (Å²) >= 11 is 3.32. The van der Waals surface area contributed by atoms with Gasteiger partial charge in [-0.05, 0) is 35.5 Å². The van der Waals surface area contributed by atoms with Gasteiger partial charge in [0.05, 0.1) is 17.9 Å². The van der Waals surface area contributed by atoms with Gasteiger partial charge in [-0.25, -0.2) is 0 Å². The van der Waals surface area contributed by atoms with Crippen LogP contribution in [0.2, 0.25) is 0 Å². The number of halogens is 1. The largest absolute Gasteiger partial charge is 0.394 e. The molecule has 1 amide bonds. The van der Waals surface area contributed by atoms with E-state index >= 15 is 0 Å². The number of rotatable bonds is 4. The Kier molecular flexibility index (Phi) is 4.23. The molecule has 1 aromatic carbocycles. The normalized spacial score (nSPS) is 12.2. The minimum Gasteiger partial charge on any atom is -0.394 e. The van der Waals surface area contributed by atoms with Gasteiger partial charge < -0.3 is 10.4 Å². The number of nitrogens with zero attached hydrogens (tertiary/aromatic N) is 4. The highest BCUT2D eigenvalue weighted by molar-refractivity contribution is 9.10. The molecule has 1 atom stereocenters. The lowest BCUT2D eigenvalue weighted by molar-refractivity contribution is 0.0922. The van der Waals surface area contributed by atoms with Crippen LogP contribution in [0.15, 0.2) is 29.0 Å². The van der Waals surface area contributed by atoms with Gasteiger partial charge in [0.15, 0.2) is 0 Å². The van der Waals surface area contributed by atoms with Gasteiger partial charge >= 0.3 is 0 Å². The molecule has 1 aromatic heterocycles. The van der Waals surface area contributed by atoms with E-state index in [2.05, 4.69) is 36.8 Å². The van der Waals surface area contributed by atoms with Crippen LogP contribution < -0.4 is 5.32 Å². The van der Waals surface area contributed by atoms with Gasteiger partial charge in [-0.15, -0.1) is 5.10 Å². The monoisotopic (exact) mass is 325 g/mol. The summed E-state index contributed by atoms with van der Waals surface area (Å²) in [4.78, 5) is 12.2. The molecular weight excluding hydrogens is 314 g/mol. The Balaban J connectivity index is 2.38. The van der Waals surface area contributed by atoms with Crippen LogP contribution in [-0.4, -0.2) is 43.9 Å². The Hall–Kier alpha value is -1.80. The second kappa shape index (κ2) is 5.89. The highest BCUT2D eigenvalue weighted by Gasteiger charge is 2.16. The molecule has 7 nitrogen and oxygen atoms in total. The van der Waals surface area contributed by atoms with Gasteiger partial charge in [0.1, 0.15) is 6.33 Å². The Bertz CT molecular complexity index is 572. The molecule has 1 heterocycles. The first-order chi connectivity index (χ1) is 9.11. The Morgan fingerprint density at radius 3 is 3.00 bits per heavy atom. The van der Waals surface area contributed by atoms with Crippen LogP contribution in [0.1, 0.15) is 17.3 Å². The van der Waals surface area contributed by atoms with E-state index < -0.39 is 0 Å². The maximum absolute atomic E-state index is 12.2. The van der Waals surface area contributed by atoms with E-state index in [-0.39, 0.29) is 18.6 Å². The van der Waals surface area contributed by atoms with Crippen molar-refractivity contribution in [2.75, 3.05) is 6.61 Å². The highest BCUT2D eigenvalue weighted by Crippen LogP contribution is 2.19. The van der Waals surface area contributed by atoms with Crippen molar-refractivity contribution in [1.82, 2.24) is 25.5 Å². The van der Waals surface area contributed by atoms with Crippen molar-refractivity contribution < 1.29 is 9.90 Å². The molecule has 0 fully saturated rings. The standard InChI is InChI=1S/C11H12BrN5O2/c1-7(5-18)14-11(19)9-4-8(12)2-3-10(9)17-6-13-15-16-17/h2-4,6-7,18H,5H2,1H3,(H,14,19)/t7-/m0/s1. The first kappa shape index (κ1) is 13.6. The molecule has 0 spiro atoms. The predicted octanol–water partition coefficient (Wildman–Crippen LogP) is 0.535. The van der Waals surface area contributed by atoms with Crippen molar-refractivity contribution >= 4 is 21.8 Å². The summed E-state index contributed by atoms with van der Waals surface area (Å²) in [5.74, 6) is -0.298. The average Bonchev–Trinajstić information content (AvgIpc) is 2.92. The van der Waals surface area contributed by atoms with Crippen LogP contribution in [0.5, 0.6) is 0 Å². The molecule has 0 saturated carbocycles. The lowest BCUT2D eigenvalue weighted by Gasteiger charge is -2.13. The summed E-state index contributed by atoms with van der Waals surface area (Å²) in [6.07, 6.45) is 1.41. The summed E-state index contributed by atoms with van der Waals surface area (Å²) in [5.41, 5.74) is 0.984. The van der Waals surface area contributed by atoms with Crippen molar-refractivity contribution in [3.63, 3.8) is 0 Å². The molecule has 0 radical (unpaired) electrons. The fraction of sp³-hybridized carbons (Fsp3) is 0.273. The molecule has 0 aliphatic heterocycles. The minimum atomic E-state index is -0.326. The number of nitrogens with one attached hydrogen (secondary N) is 1. The van der Waals surface area contributed by atoms with E-state index in [9.17, 15) is 4.79 Å². The zero-order chi connectivity index (χ0) is 13.8. The third kappa shape index (κ3) is 3.15. The van der Waals surface area contributed by atoms with Gasteiger partial charge in [0, 0.05) is 10.5 Å². The number of amides is 1. The molecular formula is C11H12BrN5O2. The van der Waals surface area contributed by atoms with Crippen molar-refractivity contribution in [2.45, 2.75) is 13.0 Å². The topological polar surface area (TPSA) is 92.9 Å². The predicted molar refractivity (Wildman–Crippen MR) is 70.9 cm³/mol. The van der Waals surface area contributed by atoms with Crippen molar-refractivity contribution in [3.8, 4) is 5.69 Å². The third-order valence-corrected chi connectivity index (χ3v) is 2.94. The number of carbonyl (C=O) groups is 1. The first-order valence-corrected chi connectivity index (χ1v) is 6.35. The highest BCUT2D eigenvalue weighted by atomic mass is 79.9. The molecule has 0 aliphatic rings. The van der Waals surface area contributed by atoms with E-state index in [1.54, 1.807) is 25.1 Å². The summed E-state index contributed by atoms with van der Waals surface area (Å²) in [6.45, 7) is 1.59. The summed E-state index contributed by atoms with van der Waals surface area (Å²) in [6, 6.07) is 4.88. The second-order valence-corrected chi connectivity index (χ2v) is 4.89. The maximum atomic E-state index is 12.2. The molecule has 0 bridgehead atoms. The molecule has 19 heavy (non-hydrogen) atoms. The zero-order valence-electron chi connectivity index (χ0n) is 10.1. The van der Waals surface area contributed by atoms with Crippen LogP contribution in [0.3, 0.4) is 0 Å². The minimum absolute atomic E-state index is 0.125. The average molecular weight is 326 g/mol. The Morgan fingerprint density at radius 2 is 2.37 bits per heavy atom. The molecule has 8 heteroatoms. The van der Waals surface area contributed by atoms with Crippen molar-refractivity contribution in [3.05, 3.63) is 34.6 Å². The van der Waals surface area contributed by atoms with Gasteiger partial charge in [-0.2, -0.15) is 4.68 Å². The summed E-state index contributed by atoms with van der Waals surface area (Å²) in [5, 5.41) is 22.5. The van der Waals surface area contributed by atoms with Gasteiger partial charge in [-0.3, -0.25) is 4.79 Å². The molecule has 2 N–H and O–H groups in total. The second-order valence-electron chi connectivity index (χ2n) is 3.97. The molecule has 2 rings (SSSR count). The van der Waals surface area contributed by atoms with E-state index in [0.717, 1.165) is 4.47 Å². The van der Waals surface area contributed by atoms with Crippen LogP contribution in [0.4, 0.5) is 0 Å². The quantitative estimate of drug-likeness (QED) is 0.855. The molecule has 100 valence electrons. The maximum Gasteiger partial charge on any atom is 0.253 e. The number of carbonyl (C=O) groups excluding carboxylic acids is 1. The number of benzene rings is 1. The van der Waals surface area contributed by atoms with E-state index in [0.29, 0.717) is 11.3 Å². The summed E-state index contributed by atoms with van der Waals surface area (Å²) < 4.78 is 2.18. The van der Waals surface area contributed by atoms with E-state index in [1.807, 2.05) is 0 Å². The number of hydrogen-bond acceptors (Lipinski definition) is 5. The van der Waals surface area contributed by atoms with Gasteiger partial charge in [0.25, 0.3) is 5.91 Å². The smallest absolute Gasteiger partial charge is 0.253 e. The fourth-order valence-corrected chi connectivity index (χ4v) is 1.87. The molecule has 0 aliphatic carbocycles. The van der Waals surface area contributed by atoms with Crippen LogP contribution in [-0.2, 0) is 0 Å². The summed E-state index contributed by atoms with van der Waals surface area (Å²) in [7, 11) is 0. The van der Waals surface area contributed by atoms with E-state index in [1.165, 1.54) is 11.0 Å². The Morgan fingerprint density at radius 1 is 1.58 bits per heavy atom.